The zero-order chi connectivity index (χ0) is 9.84. The topological polar surface area (TPSA) is 9.23 Å². The van der Waals surface area contributed by atoms with Crippen molar-refractivity contribution in [3.05, 3.63) is 29.8 Å². The van der Waals surface area contributed by atoms with Crippen molar-refractivity contribution in [3.8, 4) is 5.75 Å². The molecule has 0 aliphatic rings. The highest BCUT2D eigenvalue weighted by Gasteiger charge is 2.06. The van der Waals surface area contributed by atoms with Gasteiger partial charge in [0.15, 0.2) is 0 Å². The number of halogens is 2. The smallest absolute Gasteiger partial charge is 0.263 e. The normalized spacial score (nSPS) is 10.9. The van der Waals surface area contributed by atoms with Gasteiger partial charge in [-0.15, -0.1) is 0 Å². The van der Waals surface area contributed by atoms with E-state index in [0.717, 1.165) is 0 Å². The Hall–Kier alpha value is -1.12. The summed E-state index contributed by atoms with van der Waals surface area (Å²) in [5, 5.41) is 0. The van der Waals surface area contributed by atoms with E-state index in [1.807, 2.05) is 13.8 Å². The molecule has 0 fully saturated rings. The van der Waals surface area contributed by atoms with E-state index in [-0.39, 0.29) is 11.7 Å². The molecule has 0 radical (unpaired) electrons. The highest BCUT2D eigenvalue weighted by Crippen LogP contribution is 2.21. The predicted octanol–water partition coefficient (Wildman–Crippen LogP) is 3.41. The lowest BCUT2D eigenvalue weighted by Gasteiger charge is -2.09. The van der Waals surface area contributed by atoms with Crippen LogP contribution in [0, 0.1) is 0 Å². The van der Waals surface area contributed by atoms with Crippen LogP contribution in [0.1, 0.15) is 25.8 Å². The fourth-order valence-electron chi connectivity index (χ4n) is 0.964. The van der Waals surface area contributed by atoms with Crippen LogP contribution in [0.3, 0.4) is 0 Å². The Morgan fingerprint density at radius 1 is 1.08 bits per heavy atom. The first-order valence-electron chi connectivity index (χ1n) is 4.14. The van der Waals surface area contributed by atoms with Gasteiger partial charge in [-0.25, -0.2) is 8.78 Å². The van der Waals surface area contributed by atoms with E-state index in [4.69, 9.17) is 4.74 Å². The molecule has 3 heteroatoms. The molecule has 13 heavy (non-hydrogen) atoms. The Labute approximate surface area is 76.3 Å². The molecule has 0 spiro atoms. The van der Waals surface area contributed by atoms with Gasteiger partial charge in [0, 0.05) is 5.56 Å². The molecular formula is C10H12F2O. The van der Waals surface area contributed by atoms with E-state index in [2.05, 4.69) is 0 Å². The molecule has 0 saturated carbocycles. The zero-order valence-corrected chi connectivity index (χ0v) is 7.63. The van der Waals surface area contributed by atoms with Gasteiger partial charge in [0.25, 0.3) is 6.43 Å². The van der Waals surface area contributed by atoms with Crippen molar-refractivity contribution in [1.29, 1.82) is 0 Å². The minimum absolute atomic E-state index is 0.0242. The lowest BCUT2D eigenvalue weighted by atomic mass is 10.2. The average molecular weight is 186 g/mol. The number of alkyl halides is 2. The molecule has 0 aliphatic heterocycles. The van der Waals surface area contributed by atoms with Crippen molar-refractivity contribution < 1.29 is 13.5 Å². The second kappa shape index (κ2) is 4.21. The molecule has 0 N–H and O–H groups in total. The van der Waals surface area contributed by atoms with Crippen LogP contribution in [0.15, 0.2) is 24.3 Å². The fourth-order valence-corrected chi connectivity index (χ4v) is 0.964. The molecular weight excluding hydrogens is 174 g/mol. The monoisotopic (exact) mass is 186 g/mol. The summed E-state index contributed by atoms with van der Waals surface area (Å²) in [5.74, 6) is 0.624. The summed E-state index contributed by atoms with van der Waals surface area (Å²) in [7, 11) is 0. The number of ether oxygens (including phenoxy) is 1. The van der Waals surface area contributed by atoms with Crippen LogP contribution in [0.5, 0.6) is 5.75 Å². The summed E-state index contributed by atoms with van der Waals surface area (Å²) < 4.78 is 29.5. The van der Waals surface area contributed by atoms with E-state index in [1.54, 1.807) is 12.1 Å². The molecule has 0 aromatic heterocycles. The highest BCUT2D eigenvalue weighted by molar-refractivity contribution is 5.27. The SMILES string of the molecule is CC(C)Oc1ccc(C(F)F)cc1. The maximum atomic E-state index is 12.1. The zero-order valence-electron chi connectivity index (χ0n) is 7.63. The van der Waals surface area contributed by atoms with Crippen molar-refractivity contribution in [1.82, 2.24) is 0 Å². The van der Waals surface area contributed by atoms with Crippen molar-refractivity contribution in [2.75, 3.05) is 0 Å². The van der Waals surface area contributed by atoms with Crippen LogP contribution in [0.25, 0.3) is 0 Å². The van der Waals surface area contributed by atoms with Crippen LogP contribution in [0.2, 0.25) is 0 Å². The maximum Gasteiger partial charge on any atom is 0.263 e. The molecule has 0 aliphatic carbocycles. The van der Waals surface area contributed by atoms with E-state index < -0.39 is 6.43 Å². The summed E-state index contributed by atoms with van der Waals surface area (Å²) in [5.41, 5.74) is 0.0242. The van der Waals surface area contributed by atoms with Gasteiger partial charge in [0.05, 0.1) is 6.10 Å². The quantitative estimate of drug-likeness (QED) is 0.702. The lowest BCUT2D eigenvalue weighted by Crippen LogP contribution is -2.05. The molecule has 0 unspecified atom stereocenters. The van der Waals surface area contributed by atoms with E-state index in [0.29, 0.717) is 5.75 Å². The largest absolute Gasteiger partial charge is 0.491 e. The van der Waals surface area contributed by atoms with Crippen LogP contribution >= 0.6 is 0 Å². The number of rotatable bonds is 3. The number of hydrogen-bond acceptors (Lipinski definition) is 1. The van der Waals surface area contributed by atoms with Gasteiger partial charge >= 0.3 is 0 Å². The Morgan fingerprint density at radius 3 is 2.00 bits per heavy atom. The van der Waals surface area contributed by atoms with E-state index in [1.165, 1.54) is 12.1 Å². The van der Waals surface area contributed by atoms with Gasteiger partial charge in [-0.05, 0) is 38.1 Å². The van der Waals surface area contributed by atoms with Crippen LogP contribution in [-0.2, 0) is 0 Å². The molecule has 1 aromatic rings. The van der Waals surface area contributed by atoms with E-state index >= 15 is 0 Å². The summed E-state index contributed by atoms with van der Waals surface area (Å²) >= 11 is 0. The Balaban J connectivity index is 2.70. The van der Waals surface area contributed by atoms with Gasteiger partial charge in [0.2, 0.25) is 0 Å². The van der Waals surface area contributed by atoms with Crippen LogP contribution in [0.4, 0.5) is 8.78 Å². The van der Waals surface area contributed by atoms with Crippen molar-refractivity contribution in [2.45, 2.75) is 26.4 Å². The van der Waals surface area contributed by atoms with Gasteiger partial charge in [0.1, 0.15) is 5.75 Å². The molecule has 72 valence electrons. The van der Waals surface area contributed by atoms with Crippen LogP contribution < -0.4 is 4.74 Å². The minimum atomic E-state index is -2.41. The van der Waals surface area contributed by atoms with Crippen molar-refractivity contribution in [2.24, 2.45) is 0 Å². The average Bonchev–Trinajstić information content (AvgIpc) is 2.04. The van der Waals surface area contributed by atoms with Gasteiger partial charge < -0.3 is 4.74 Å². The van der Waals surface area contributed by atoms with E-state index in [9.17, 15) is 8.78 Å². The molecule has 0 saturated heterocycles. The summed E-state index contributed by atoms with van der Waals surface area (Å²) in [6.45, 7) is 3.78. The number of benzene rings is 1. The van der Waals surface area contributed by atoms with Crippen LogP contribution in [-0.4, -0.2) is 6.10 Å². The van der Waals surface area contributed by atoms with Crippen molar-refractivity contribution >= 4 is 0 Å². The first kappa shape index (κ1) is 9.96. The van der Waals surface area contributed by atoms with Gasteiger partial charge in [-0.2, -0.15) is 0 Å². The Morgan fingerprint density at radius 2 is 1.62 bits per heavy atom. The standard InChI is InChI=1S/C10H12F2O/c1-7(2)13-9-5-3-8(4-6-9)10(11)12/h3-7,10H,1-2H3. The maximum absolute atomic E-state index is 12.1. The molecule has 0 heterocycles. The Kier molecular flexibility index (Phi) is 3.23. The third kappa shape index (κ3) is 3.01. The predicted molar refractivity (Wildman–Crippen MR) is 47.2 cm³/mol. The summed E-state index contributed by atoms with van der Waals surface area (Å²) in [6, 6.07) is 5.87. The third-order valence-electron chi connectivity index (χ3n) is 1.50. The minimum Gasteiger partial charge on any atom is -0.491 e. The molecule has 1 nitrogen and oxygen atoms in total. The molecule has 0 amide bonds. The summed E-state index contributed by atoms with van der Waals surface area (Å²) in [6.07, 6.45) is -2.34. The second-order valence-electron chi connectivity index (χ2n) is 3.04. The molecule has 0 atom stereocenters. The lowest BCUT2D eigenvalue weighted by molar-refractivity contribution is 0.151. The fraction of sp³-hybridized carbons (Fsp3) is 0.400. The molecule has 1 rings (SSSR count). The third-order valence-corrected chi connectivity index (χ3v) is 1.50. The second-order valence-corrected chi connectivity index (χ2v) is 3.04. The van der Waals surface area contributed by atoms with Crippen molar-refractivity contribution in [3.63, 3.8) is 0 Å². The Bertz CT molecular complexity index is 254. The van der Waals surface area contributed by atoms with Gasteiger partial charge in [-0.1, -0.05) is 0 Å². The number of hydrogen-bond donors (Lipinski definition) is 0. The molecule has 0 bridgehead atoms. The molecule has 1 aromatic carbocycles. The first-order chi connectivity index (χ1) is 6.09. The highest BCUT2D eigenvalue weighted by atomic mass is 19.3. The first-order valence-corrected chi connectivity index (χ1v) is 4.14. The van der Waals surface area contributed by atoms with Gasteiger partial charge in [-0.3, -0.25) is 0 Å². The summed E-state index contributed by atoms with van der Waals surface area (Å²) in [4.78, 5) is 0.